The number of halogens is 3. The fourth-order valence-corrected chi connectivity index (χ4v) is 3.68. The molecule has 0 heterocycles. The van der Waals surface area contributed by atoms with Crippen molar-refractivity contribution in [3.05, 3.63) is 28.8 Å². The molecule has 1 unspecified atom stereocenters. The summed E-state index contributed by atoms with van der Waals surface area (Å²) in [6, 6.07) is 2.40. The van der Waals surface area contributed by atoms with E-state index in [1.165, 1.54) is 6.07 Å². The average molecular weight is 308 g/mol. The molecule has 0 spiro atoms. The van der Waals surface area contributed by atoms with Crippen LogP contribution in [0.5, 0.6) is 0 Å². The van der Waals surface area contributed by atoms with Crippen LogP contribution in [0.1, 0.15) is 42.6 Å². The van der Waals surface area contributed by atoms with Crippen LogP contribution in [0.4, 0.5) is 13.2 Å². The Balaban J connectivity index is 2.67. The molecule has 0 saturated carbocycles. The lowest BCUT2D eigenvalue weighted by Crippen LogP contribution is -2.25. The van der Waals surface area contributed by atoms with Crippen LogP contribution in [0.3, 0.4) is 0 Å². The summed E-state index contributed by atoms with van der Waals surface area (Å²) in [5, 5.41) is 9.85. The molecule has 1 aliphatic rings. The van der Waals surface area contributed by atoms with E-state index in [1.54, 1.807) is 0 Å². The predicted molar refractivity (Wildman–Crippen MR) is 67.0 cm³/mol. The van der Waals surface area contributed by atoms with Crippen LogP contribution < -0.4 is 0 Å². The molecule has 0 aromatic heterocycles. The lowest BCUT2D eigenvalue weighted by Gasteiger charge is -2.16. The Hall–Kier alpha value is -1.08. The molecule has 0 aliphatic heterocycles. The van der Waals surface area contributed by atoms with Crippen LogP contribution in [-0.4, -0.2) is 19.0 Å². The Morgan fingerprint density at radius 3 is 2.55 bits per heavy atom. The highest BCUT2D eigenvalue weighted by atomic mass is 32.2. The number of aryl methyl sites for hydroxylation is 1. The van der Waals surface area contributed by atoms with E-state index in [0.29, 0.717) is 18.4 Å². The molecule has 0 bridgehead atoms. The van der Waals surface area contributed by atoms with Gasteiger partial charge in [0.2, 0.25) is 0 Å². The van der Waals surface area contributed by atoms with Crippen molar-refractivity contribution in [3.8, 4) is 0 Å². The monoisotopic (exact) mass is 308 g/mol. The fraction of sp³-hybridized carbons (Fsp3) is 0.538. The molecular weight excluding hydrogens is 293 g/mol. The molecule has 112 valence electrons. The number of aliphatic hydroxyl groups excluding tert-OH is 1. The van der Waals surface area contributed by atoms with Gasteiger partial charge in [0.05, 0.1) is 11.0 Å². The van der Waals surface area contributed by atoms with Crippen molar-refractivity contribution in [2.45, 2.75) is 49.1 Å². The predicted octanol–water partition coefficient (Wildman–Crippen LogP) is 2.91. The van der Waals surface area contributed by atoms with Crippen LogP contribution in [0.25, 0.3) is 0 Å². The van der Waals surface area contributed by atoms with Crippen LogP contribution in [0, 0.1) is 0 Å². The van der Waals surface area contributed by atoms with Gasteiger partial charge in [0.25, 0.3) is 9.84 Å². The van der Waals surface area contributed by atoms with Crippen LogP contribution in [-0.2, 0) is 22.7 Å². The molecule has 20 heavy (non-hydrogen) atoms. The maximum Gasteiger partial charge on any atom is 0.501 e. The largest absolute Gasteiger partial charge is 0.501 e. The summed E-state index contributed by atoms with van der Waals surface area (Å²) in [7, 11) is -5.43. The highest BCUT2D eigenvalue weighted by Gasteiger charge is 2.49. The van der Waals surface area contributed by atoms with E-state index in [-0.39, 0.29) is 12.0 Å². The Kier molecular flexibility index (Phi) is 3.85. The van der Waals surface area contributed by atoms with Gasteiger partial charge >= 0.3 is 5.51 Å². The summed E-state index contributed by atoms with van der Waals surface area (Å²) in [5.74, 6) is 0. The third-order valence-electron chi connectivity index (χ3n) is 3.53. The minimum atomic E-state index is -5.43. The molecule has 1 aromatic rings. The first kappa shape index (κ1) is 15.3. The van der Waals surface area contributed by atoms with Gasteiger partial charge in [-0.25, -0.2) is 8.42 Å². The van der Waals surface area contributed by atoms with Crippen molar-refractivity contribution in [1.29, 1.82) is 0 Å². The zero-order valence-electron chi connectivity index (χ0n) is 10.9. The van der Waals surface area contributed by atoms with E-state index >= 15 is 0 Å². The zero-order valence-corrected chi connectivity index (χ0v) is 11.7. The van der Waals surface area contributed by atoms with E-state index in [2.05, 4.69) is 0 Å². The standard InChI is InChI=1S/C13H15F3O3S/c1-2-3-8-4-7-11(20(18,19)13(14,15)16)12-9(8)5-6-10(12)17/h4,7,10,17H,2-3,5-6H2,1H3. The van der Waals surface area contributed by atoms with Gasteiger partial charge in [-0.05, 0) is 36.5 Å². The van der Waals surface area contributed by atoms with Crippen LogP contribution in [0.2, 0.25) is 0 Å². The second-order valence-corrected chi connectivity index (χ2v) is 6.78. The van der Waals surface area contributed by atoms with Crippen molar-refractivity contribution in [2.24, 2.45) is 0 Å². The normalized spacial score (nSPS) is 19.1. The van der Waals surface area contributed by atoms with Gasteiger partial charge in [-0.1, -0.05) is 19.4 Å². The van der Waals surface area contributed by atoms with Crippen LogP contribution in [0.15, 0.2) is 17.0 Å². The highest BCUT2D eigenvalue weighted by molar-refractivity contribution is 7.92. The first-order valence-corrected chi connectivity index (χ1v) is 7.82. The summed E-state index contributed by atoms with van der Waals surface area (Å²) < 4.78 is 61.3. The van der Waals surface area contributed by atoms with Gasteiger partial charge in [-0.15, -0.1) is 0 Å². The number of benzene rings is 1. The van der Waals surface area contributed by atoms with E-state index in [4.69, 9.17) is 0 Å². The van der Waals surface area contributed by atoms with Gasteiger partial charge in [0, 0.05) is 5.56 Å². The number of hydrogen-bond acceptors (Lipinski definition) is 3. The molecule has 3 nitrogen and oxygen atoms in total. The van der Waals surface area contributed by atoms with Gasteiger partial charge in [0.15, 0.2) is 0 Å². The Bertz CT molecular complexity index is 620. The van der Waals surface area contributed by atoms with E-state index in [0.717, 1.165) is 18.1 Å². The first-order valence-electron chi connectivity index (χ1n) is 6.34. The molecule has 1 aliphatic carbocycles. The molecule has 1 atom stereocenters. The second kappa shape index (κ2) is 5.04. The zero-order chi connectivity index (χ0) is 15.1. The molecule has 0 amide bonds. The number of aliphatic hydroxyl groups is 1. The van der Waals surface area contributed by atoms with E-state index < -0.39 is 26.3 Å². The molecule has 1 N–H and O–H groups in total. The number of rotatable bonds is 3. The number of hydrogen-bond donors (Lipinski definition) is 1. The third kappa shape index (κ3) is 2.33. The minimum absolute atomic E-state index is 0.0618. The fourth-order valence-electron chi connectivity index (χ4n) is 2.64. The maximum atomic E-state index is 12.7. The molecular formula is C13H15F3O3S. The SMILES string of the molecule is CCCc1ccc(S(=O)(=O)C(F)(F)F)c2c1CCC2O. The highest BCUT2D eigenvalue weighted by Crippen LogP contribution is 2.42. The average Bonchev–Trinajstić information content (AvgIpc) is 2.71. The maximum absolute atomic E-state index is 12.7. The molecule has 2 rings (SSSR count). The lowest BCUT2D eigenvalue weighted by molar-refractivity contribution is -0.0437. The molecule has 0 radical (unpaired) electrons. The Morgan fingerprint density at radius 1 is 1.35 bits per heavy atom. The minimum Gasteiger partial charge on any atom is -0.388 e. The van der Waals surface area contributed by atoms with Crippen molar-refractivity contribution in [2.75, 3.05) is 0 Å². The first-order chi connectivity index (χ1) is 9.20. The van der Waals surface area contributed by atoms with Crippen molar-refractivity contribution >= 4 is 9.84 Å². The van der Waals surface area contributed by atoms with Gasteiger partial charge in [-0.2, -0.15) is 13.2 Å². The summed E-state index contributed by atoms with van der Waals surface area (Å²) in [6.07, 6.45) is 0.979. The Labute approximate surface area is 115 Å². The number of alkyl halides is 3. The second-order valence-electron chi connectivity index (χ2n) is 4.87. The topological polar surface area (TPSA) is 54.4 Å². The van der Waals surface area contributed by atoms with E-state index in [9.17, 15) is 26.7 Å². The van der Waals surface area contributed by atoms with Crippen molar-refractivity contribution in [3.63, 3.8) is 0 Å². The lowest BCUT2D eigenvalue weighted by atomic mass is 9.99. The summed E-state index contributed by atoms with van der Waals surface area (Å²) >= 11 is 0. The van der Waals surface area contributed by atoms with Gasteiger partial charge < -0.3 is 5.11 Å². The third-order valence-corrected chi connectivity index (χ3v) is 5.07. The van der Waals surface area contributed by atoms with Crippen molar-refractivity contribution in [1.82, 2.24) is 0 Å². The summed E-state index contributed by atoms with van der Waals surface area (Å²) in [5.41, 5.74) is -4.03. The molecule has 0 fully saturated rings. The van der Waals surface area contributed by atoms with Crippen molar-refractivity contribution < 1.29 is 26.7 Å². The molecule has 7 heteroatoms. The Morgan fingerprint density at radius 2 is 2.00 bits per heavy atom. The number of sulfone groups is 1. The van der Waals surface area contributed by atoms with E-state index in [1.807, 2.05) is 6.92 Å². The van der Waals surface area contributed by atoms with Gasteiger partial charge in [0.1, 0.15) is 0 Å². The van der Waals surface area contributed by atoms with Gasteiger partial charge in [-0.3, -0.25) is 0 Å². The summed E-state index contributed by atoms with van der Waals surface area (Å²) in [4.78, 5) is -0.801. The summed E-state index contributed by atoms with van der Waals surface area (Å²) in [6.45, 7) is 1.93. The number of fused-ring (bicyclic) bond motifs is 1. The smallest absolute Gasteiger partial charge is 0.388 e. The van der Waals surface area contributed by atoms with Crippen LogP contribution >= 0.6 is 0 Å². The molecule has 0 saturated heterocycles. The quantitative estimate of drug-likeness (QED) is 0.934. The molecule has 1 aromatic carbocycles.